The molecule has 0 amide bonds. The first kappa shape index (κ1) is 13.5. The van der Waals surface area contributed by atoms with Crippen LogP contribution in [0.3, 0.4) is 0 Å². The number of hydrogen-bond acceptors (Lipinski definition) is 1. The lowest BCUT2D eigenvalue weighted by atomic mass is 9.93. The molecule has 0 saturated carbocycles. The van der Waals surface area contributed by atoms with Crippen molar-refractivity contribution in [3.05, 3.63) is 59.9 Å². The van der Waals surface area contributed by atoms with Gasteiger partial charge < -0.3 is 4.79 Å². The molecule has 0 aliphatic heterocycles. The third-order valence-corrected chi connectivity index (χ3v) is 3.24. The van der Waals surface area contributed by atoms with Gasteiger partial charge in [-0.3, -0.25) is 0 Å². The SMILES string of the molecule is CC(=O)CC(C)c1ccc(-c2ccccc2)c(F)c1. The number of hydrogen-bond donors (Lipinski definition) is 0. The summed E-state index contributed by atoms with van der Waals surface area (Å²) >= 11 is 0. The van der Waals surface area contributed by atoms with Crippen LogP contribution in [0.4, 0.5) is 4.39 Å². The number of carbonyl (C=O) groups is 1. The Morgan fingerprint density at radius 3 is 2.42 bits per heavy atom. The van der Waals surface area contributed by atoms with E-state index in [4.69, 9.17) is 0 Å². The van der Waals surface area contributed by atoms with Crippen molar-refractivity contribution >= 4 is 5.78 Å². The van der Waals surface area contributed by atoms with Crippen LogP contribution in [0.2, 0.25) is 0 Å². The van der Waals surface area contributed by atoms with Crippen LogP contribution in [-0.4, -0.2) is 5.78 Å². The van der Waals surface area contributed by atoms with Crippen molar-refractivity contribution in [2.45, 2.75) is 26.2 Å². The number of carbonyl (C=O) groups excluding carboxylic acids is 1. The fourth-order valence-electron chi connectivity index (χ4n) is 2.24. The van der Waals surface area contributed by atoms with E-state index in [1.165, 1.54) is 6.07 Å². The highest BCUT2D eigenvalue weighted by atomic mass is 19.1. The smallest absolute Gasteiger partial charge is 0.131 e. The zero-order valence-electron chi connectivity index (χ0n) is 11.2. The number of Topliss-reactive ketones (excluding diaryl/α,β-unsaturated/α-hetero) is 1. The average molecular weight is 256 g/mol. The first-order valence-electron chi connectivity index (χ1n) is 6.42. The van der Waals surface area contributed by atoms with Gasteiger partial charge in [0.25, 0.3) is 0 Å². The van der Waals surface area contributed by atoms with Gasteiger partial charge in [0.15, 0.2) is 0 Å². The van der Waals surface area contributed by atoms with Crippen LogP contribution >= 0.6 is 0 Å². The van der Waals surface area contributed by atoms with Gasteiger partial charge in [0.05, 0.1) is 0 Å². The lowest BCUT2D eigenvalue weighted by Crippen LogP contribution is -2.01. The van der Waals surface area contributed by atoms with Gasteiger partial charge in [-0.15, -0.1) is 0 Å². The van der Waals surface area contributed by atoms with Gasteiger partial charge in [-0.25, -0.2) is 4.39 Å². The maximum Gasteiger partial charge on any atom is 0.131 e. The van der Waals surface area contributed by atoms with Crippen molar-refractivity contribution < 1.29 is 9.18 Å². The standard InChI is InChI=1S/C17H17FO/c1-12(10-13(2)19)15-8-9-16(17(18)11-15)14-6-4-3-5-7-14/h3-9,11-12H,10H2,1-2H3. The van der Waals surface area contributed by atoms with Crippen LogP contribution in [0.15, 0.2) is 48.5 Å². The van der Waals surface area contributed by atoms with Crippen molar-refractivity contribution in [3.8, 4) is 11.1 Å². The van der Waals surface area contributed by atoms with Gasteiger partial charge in [-0.1, -0.05) is 49.4 Å². The number of ketones is 1. The van der Waals surface area contributed by atoms with Crippen LogP contribution in [-0.2, 0) is 4.79 Å². The minimum absolute atomic E-state index is 0.0526. The monoisotopic (exact) mass is 256 g/mol. The van der Waals surface area contributed by atoms with Gasteiger partial charge in [0.2, 0.25) is 0 Å². The topological polar surface area (TPSA) is 17.1 Å². The highest BCUT2D eigenvalue weighted by molar-refractivity contribution is 5.76. The van der Waals surface area contributed by atoms with E-state index in [0.29, 0.717) is 12.0 Å². The Kier molecular flexibility index (Phi) is 4.10. The highest BCUT2D eigenvalue weighted by Crippen LogP contribution is 2.27. The molecule has 2 aromatic carbocycles. The predicted molar refractivity (Wildman–Crippen MR) is 75.5 cm³/mol. The molecule has 2 heteroatoms. The summed E-state index contributed by atoms with van der Waals surface area (Å²) in [6.45, 7) is 3.50. The van der Waals surface area contributed by atoms with Crippen molar-refractivity contribution in [1.82, 2.24) is 0 Å². The fourth-order valence-corrected chi connectivity index (χ4v) is 2.24. The van der Waals surface area contributed by atoms with Crippen LogP contribution < -0.4 is 0 Å². The largest absolute Gasteiger partial charge is 0.300 e. The van der Waals surface area contributed by atoms with Crippen molar-refractivity contribution in [1.29, 1.82) is 0 Å². The van der Waals surface area contributed by atoms with E-state index in [1.54, 1.807) is 13.0 Å². The molecule has 98 valence electrons. The molecule has 0 fully saturated rings. The molecule has 19 heavy (non-hydrogen) atoms. The molecule has 1 unspecified atom stereocenters. The average Bonchev–Trinajstić information content (AvgIpc) is 2.38. The maximum atomic E-state index is 14.1. The summed E-state index contributed by atoms with van der Waals surface area (Å²) in [4.78, 5) is 11.1. The predicted octanol–water partition coefficient (Wildman–Crippen LogP) is 4.58. The molecule has 2 aromatic rings. The van der Waals surface area contributed by atoms with Gasteiger partial charge >= 0.3 is 0 Å². The second-order valence-electron chi connectivity index (χ2n) is 4.91. The Hall–Kier alpha value is -1.96. The molecule has 0 aliphatic carbocycles. The van der Waals surface area contributed by atoms with E-state index in [0.717, 1.165) is 11.1 Å². The van der Waals surface area contributed by atoms with Crippen LogP contribution in [0, 0.1) is 5.82 Å². The van der Waals surface area contributed by atoms with E-state index in [-0.39, 0.29) is 17.5 Å². The van der Waals surface area contributed by atoms with E-state index < -0.39 is 0 Å². The van der Waals surface area contributed by atoms with Crippen molar-refractivity contribution in [2.24, 2.45) is 0 Å². The zero-order chi connectivity index (χ0) is 13.8. The van der Waals surface area contributed by atoms with Crippen LogP contribution in [0.5, 0.6) is 0 Å². The maximum absolute atomic E-state index is 14.1. The quantitative estimate of drug-likeness (QED) is 0.782. The van der Waals surface area contributed by atoms with Gasteiger partial charge in [0.1, 0.15) is 11.6 Å². The van der Waals surface area contributed by atoms with Gasteiger partial charge in [0, 0.05) is 12.0 Å². The van der Waals surface area contributed by atoms with Crippen molar-refractivity contribution in [2.75, 3.05) is 0 Å². The molecule has 0 aromatic heterocycles. The summed E-state index contributed by atoms with van der Waals surface area (Å²) in [7, 11) is 0. The molecule has 1 atom stereocenters. The molecule has 2 rings (SSSR count). The minimum Gasteiger partial charge on any atom is -0.300 e. The van der Waals surface area contributed by atoms with Gasteiger partial charge in [-0.05, 0) is 30.0 Å². The molecule has 0 saturated heterocycles. The van der Waals surface area contributed by atoms with Crippen molar-refractivity contribution in [3.63, 3.8) is 0 Å². The van der Waals surface area contributed by atoms with Crippen LogP contribution in [0.25, 0.3) is 11.1 Å². The summed E-state index contributed by atoms with van der Waals surface area (Å²) < 4.78 is 14.1. The molecule has 0 radical (unpaired) electrons. The Morgan fingerprint density at radius 2 is 1.84 bits per heavy atom. The Bertz CT molecular complexity index is 575. The summed E-state index contributed by atoms with van der Waals surface area (Å²) in [6.07, 6.45) is 0.449. The molecule has 1 nitrogen and oxygen atoms in total. The molecular weight excluding hydrogens is 239 g/mol. The molecule has 0 heterocycles. The van der Waals surface area contributed by atoms with E-state index in [1.807, 2.05) is 43.3 Å². The Morgan fingerprint density at radius 1 is 1.16 bits per heavy atom. The third-order valence-electron chi connectivity index (χ3n) is 3.24. The molecular formula is C17H17FO. The van der Waals surface area contributed by atoms with E-state index in [9.17, 15) is 9.18 Å². The third kappa shape index (κ3) is 3.28. The second-order valence-corrected chi connectivity index (χ2v) is 4.91. The normalized spacial score (nSPS) is 12.2. The summed E-state index contributed by atoms with van der Waals surface area (Å²) in [6, 6.07) is 14.7. The molecule has 0 aliphatic rings. The summed E-state index contributed by atoms with van der Waals surface area (Å²) in [5, 5.41) is 0. The first-order valence-corrected chi connectivity index (χ1v) is 6.42. The zero-order valence-corrected chi connectivity index (χ0v) is 11.2. The molecule has 0 N–H and O–H groups in total. The number of halogens is 1. The Labute approximate surface area is 113 Å². The molecule has 0 bridgehead atoms. The van der Waals surface area contributed by atoms with Gasteiger partial charge in [-0.2, -0.15) is 0 Å². The van der Waals surface area contributed by atoms with Crippen LogP contribution in [0.1, 0.15) is 31.7 Å². The number of rotatable bonds is 4. The molecule has 0 spiro atoms. The highest BCUT2D eigenvalue weighted by Gasteiger charge is 2.11. The fraction of sp³-hybridized carbons (Fsp3) is 0.235. The summed E-state index contributed by atoms with van der Waals surface area (Å²) in [5.41, 5.74) is 2.33. The minimum atomic E-state index is -0.237. The van der Waals surface area contributed by atoms with E-state index in [2.05, 4.69) is 0 Å². The first-order chi connectivity index (χ1) is 9.08. The summed E-state index contributed by atoms with van der Waals surface area (Å²) in [5.74, 6) is -0.0593. The second kappa shape index (κ2) is 5.79. The Balaban J connectivity index is 2.30. The number of benzene rings is 2. The lowest BCUT2D eigenvalue weighted by Gasteiger charge is -2.12. The van der Waals surface area contributed by atoms with E-state index >= 15 is 0 Å². The lowest BCUT2D eigenvalue weighted by molar-refractivity contribution is -0.117.